The van der Waals surface area contributed by atoms with Crippen molar-refractivity contribution in [1.82, 2.24) is 5.32 Å². The summed E-state index contributed by atoms with van der Waals surface area (Å²) in [5.41, 5.74) is 0.279. The lowest BCUT2D eigenvalue weighted by molar-refractivity contribution is -0.147. The van der Waals surface area contributed by atoms with E-state index in [2.05, 4.69) is 12.2 Å². The van der Waals surface area contributed by atoms with Gasteiger partial charge in [-0.3, -0.25) is 0 Å². The van der Waals surface area contributed by atoms with Gasteiger partial charge in [-0.15, -0.1) is 0 Å². The van der Waals surface area contributed by atoms with Gasteiger partial charge in [0.25, 0.3) is 0 Å². The Balaban J connectivity index is 1.57. The van der Waals surface area contributed by atoms with E-state index < -0.39 is 0 Å². The quantitative estimate of drug-likeness (QED) is 0.811. The Hall–Kier alpha value is -0.120. The predicted octanol–water partition coefficient (Wildman–Crippen LogP) is 3.13. The molecule has 1 N–H and O–H groups in total. The van der Waals surface area contributed by atoms with Gasteiger partial charge in [0.15, 0.2) is 0 Å². The summed E-state index contributed by atoms with van der Waals surface area (Å²) in [5.74, 6) is 1.60. The zero-order valence-corrected chi connectivity index (χ0v) is 13.0. The highest BCUT2D eigenvalue weighted by Crippen LogP contribution is 2.45. The van der Waals surface area contributed by atoms with E-state index in [1.807, 2.05) is 0 Å². The van der Waals surface area contributed by atoms with Crippen molar-refractivity contribution >= 4 is 0 Å². The maximum absolute atomic E-state index is 6.10. The monoisotopic (exact) mass is 281 g/mol. The molecule has 3 unspecified atom stereocenters. The van der Waals surface area contributed by atoms with Crippen LogP contribution in [0.25, 0.3) is 0 Å². The molecule has 1 saturated carbocycles. The van der Waals surface area contributed by atoms with Gasteiger partial charge < -0.3 is 14.8 Å². The first-order valence-corrected chi connectivity index (χ1v) is 8.76. The molecule has 0 amide bonds. The molecule has 3 fully saturated rings. The van der Waals surface area contributed by atoms with Crippen LogP contribution in [0, 0.1) is 11.8 Å². The molecule has 116 valence electrons. The van der Waals surface area contributed by atoms with Gasteiger partial charge in [-0.05, 0) is 69.7 Å². The van der Waals surface area contributed by atoms with Gasteiger partial charge in [0.2, 0.25) is 0 Å². The van der Waals surface area contributed by atoms with Crippen LogP contribution in [0.5, 0.6) is 0 Å². The Labute approximate surface area is 123 Å². The normalized spacial score (nSPS) is 34.0. The number of nitrogens with one attached hydrogen (secondary N) is 1. The zero-order valence-electron chi connectivity index (χ0n) is 13.0. The molecule has 3 aliphatic rings. The van der Waals surface area contributed by atoms with Gasteiger partial charge in [0, 0.05) is 25.9 Å². The van der Waals surface area contributed by atoms with Crippen molar-refractivity contribution in [3.05, 3.63) is 0 Å². The Bertz CT molecular complexity index is 297. The van der Waals surface area contributed by atoms with E-state index in [0.29, 0.717) is 6.04 Å². The van der Waals surface area contributed by atoms with E-state index in [-0.39, 0.29) is 5.60 Å². The van der Waals surface area contributed by atoms with Gasteiger partial charge >= 0.3 is 0 Å². The van der Waals surface area contributed by atoms with E-state index in [4.69, 9.17) is 9.47 Å². The Kier molecular flexibility index (Phi) is 5.00. The van der Waals surface area contributed by atoms with E-state index in [1.165, 1.54) is 51.4 Å². The molecule has 3 nitrogen and oxygen atoms in total. The fourth-order valence-corrected chi connectivity index (χ4v) is 4.23. The van der Waals surface area contributed by atoms with Crippen LogP contribution in [0.2, 0.25) is 0 Å². The second-order valence-corrected chi connectivity index (χ2v) is 7.16. The number of hydrogen-bond donors (Lipinski definition) is 1. The summed E-state index contributed by atoms with van der Waals surface area (Å²) < 4.78 is 11.7. The highest BCUT2D eigenvalue weighted by Gasteiger charge is 2.44. The van der Waals surface area contributed by atoms with E-state index in [9.17, 15) is 0 Å². The SMILES string of the molecule is CCCNC(CC1CCOC1)C1CCOC2(CCC2)C1. The highest BCUT2D eigenvalue weighted by atomic mass is 16.5. The second kappa shape index (κ2) is 6.76. The Morgan fingerprint density at radius 3 is 2.80 bits per heavy atom. The van der Waals surface area contributed by atoms with Crippen molar-refractivity contribution in [3.8, 4) is 0 Å². The molecule has 0 radical (unpaired) electrons. The molecule has 20 heavy (non-hydrogen) atoms. The summed E-state index contributed by atoms with van der Waals surface area (Å²) in [6.45, 7) is 6.36. The molecule has 0 aromatic rings. The first-order chi connectivity index (χ1) is 9.81. The third kappa shape index (κ3) is 3.37. The molecule has 3 rings (SSSR count). The largest absolute Gasteiger partial charge is 0.381 e. The number of rotatable bonds is 6. The van der Waals surface area contributed by atoms with Crippen molar-refractivity contribution in [2.45, 2.75) is 69.9 Å². The standard InChI is InChI=1S/C17H31NO2/c1-2-8-18-16(11-14-4-9-19-13-14)15-5-10-20-17(12-15)6-3-7-17/h14-16,18H,2-13H2,1H3. The molecule has 2 saturated heterocycles. The van der Waals surface area contributed by atoms with E-state index in [0.717, 1.165) is 38.2 Å². The molecule has 2 aliphatic heterocycles. The molecule has 3 heteroatoms. The van der Waals surface area contributed by atoms with Crippen molar-refractivity contribution in [3.63, 3.8) is 0 Å². The molecule has 0 bridgehead atoms. The van der Waals surface area contributed by atoms with Crippen LogP contribution in [0.15, 0.2) is 0 Å². The van der Waals surface area contributed by atoms with Crippen LogP contribution in [-0.4, -0.2) is 38.0 Å². The summed E-state index contributed by atoms with van der Waals surface area (Å²) in [4.78, 5) is 0. The second-order valence-electron chi connectivity index (χ2n) is 7.16. The van der Waals surface area contributed by atoms with Gasteiger partial charge in [0.05, 0.1) is 5.60 Å². The smallest absolute Gasteiger partial charge is 0.0685 e. The van der Waals surface area contributed by atoms with Crippen molar-refractivity contribution in [2.75, 3.05) is 26.4 Å². The van der Waals surface area contributed by atoms with Crippen molar-refractivity contribution in [2.24, 2.45) is 11.8 Å². The Morgan fingerprint density at radius 2 is 2.15 bits per heavy atom. The molecular formula is C17H31NO2. The van der Waals surface area contributed by atoms with E-state index >= 15 is 0 Å². The summed E-state index contributed by atoms with van der Waals surface area (Å²) in [7, 11) is 0. The zero-order chi connectivity index (χ0) is 13.8. The maximum atomic E-state index is 6.10. The van der Waals surface area contributed by atoms with Crippen LogP contribution in [0.1, 0.15) is 58.3 Å². The average molecular weight is 281 g/mol. The van der Waals surface area contributed by atoms with Crippen LogP contribution >= 0.6 is 0 Å². The van der Waals surface area contributed by atoms with Crippen LogP contribution < -0.4 is 5.32 Å². The molecule has 1 aliphatic carbocycles. The summed E-state index contributed by atoms with van der Waals surface area (Å²) in [6.07, 6.45) is 10.3. The fourth-order valence-electron chi connectivity index (χ4n) is 4.23. The topological polar surface area (TPSA) is 30.5 Å². The third-order valence-corrected chi connectivity index (χ3v) is 5.63. The molecule has 2 heterocycles. The molecule has 1 spiro atoms. The van der Waals surface area contributed by atoms with Gasteiger partial charge in [-0.2, -0.15) is 0 Å². The first-order valence-electron chi connectivity index (χ1n) is 8.76. The van der Waals surface area contributed by atoms with Gasteiger partial charge in [-0.25, -0.2) is 0 Å². The van der Waals surface area contributed by atoms with Crippen LogP contribution in [0.4, 0.5) is 0 Å². The summed E-state index contributed by atoms with van der Waals surface area (Å²) >= 11 is 0. The fraction of sp³-hybridized carbons (Fsp3) is 1.00. The lowest BCUT2D eigenvalue weighted by atomic mass is 9.69. The van der Waals surface area contributed by atoms with Crippen LogP contribution in [0.3, 0.4) is 0 Å². The Morgan fingerprint density at radius 1 is 1.25 bits per heavy atom. The predicted molar refractivity (Wildman–Crippen MR) is 80.9 cm³/mol. The van der Waals surface area contributed by atoms with E-state index in [1.54, 1.807) is 0 Å². The summed E-state index contributed by atoms with van der Waals surface area (Å²) in [5, 5.41) is 3.84. The van der Waals surface area contributed by atoms with Gasteiger partial charge in [-0.1, -0.05) is 6.92 Å². The number of hydrogen-bond acceptors (Lipinski definition) is 3. The molecule has 3 atom stereocenters. The number of ether oxygens (including phenoxy) is 2. The minimum Gasteiger partial charge on any atom is -0.381 e. The average Bonchev–Trinajstić information content (AvgIpc) is 2.95. The molecular weight excluding hydrogens is 250 g/mol. The summed E-state index contributed by atoms with van der Waals surface area (Å²) in [6, 6.07) is 0.683. The highest BCUT2D eigenvalue weighted by molar-refractivity contribution is 4.97. The van der Waals surface area contributed by atoms with Crippen molar-refractivity contribution < 1.29 is 9.47 Å². The van der Waals surface area contributed by atoms with Crippen molar-refractivity contribution in [1.29, 1.82) is 0 Å². The lowest BCUT2D eigenvalue weighted by Crippen LogP contribution is -2.50. The minimum absolute atomic E-state index is 0.279. The lowest BCUT2D eigenvalue weighted by Gasteiger charge is -2.49. The van der Waals surface area contributed by atoms with Gasteiger partial charge in [0.1, 0.15) is 0 Å². The first kappa shape index (κ1) is 14.8. The third-order valence-electron chi connectivity index (χ3n) is 5.63. The molecule has 0 aromatic heterocycles. The maximum Gasteiger partial charge on any atom is 0.0685 e. The molecule has 0 aromatic carbocycles. The minimum atomic E-state index is 0.279. The van der Waals surface area contributed by atoms with Crippen LogP contribution in [-0.2, 0) is 9.47 Å².